The van der Waals surface area contributed by atoms with Crippen LogP contribution in [0.2, 0.25) is 0 Å². The first-order valence-electron chi connectivity index (χ1n) is 8.95. The number of rotatable bonds is 4. The van der Waals surface area contributed by atoms with Gasteiger partial charge in [-0.05, 0) is 30.4 Å². The number of hydrogen-bond donors (Lipinski definition) is 1. The quantitative estimate of drug-likeness (QED) is 0.851. The van der Waals surface area contributed by atoms with E-state index in [2.05, 4.69) is 19.2 Å². The number of benzene rings is 1. The molecule has 1 N–H and O–H groups in total. The van der Waals surface area contributed by atoms with Gasteiger partial charge in [0.1, 0.15) is 5.58 Å². The Hall–Kier alpha value is -2.63. The van der Waals surface area contributed by atoms with E-state index in [1.165, 1.54) is 6.42 Å². The summed E-state index contributed by atoms with van der Waals surface area (Å²) < 4.78 is 10.4. The number of ether oxygens (including phenoxy) is 1. The van der Waals surface area contributed by atoms with Gasteiger partial charge in [-0.3, -0.25) is 9.59 Å². The van der Waals surface area contributed by atoms with Gasteiger partial charge >= 0.3 is 5.97 Å². The number of esters is 1. The van der Waals surface area contributed by atoms with E-state index in [0.29, 0.717) is 22.8 Å². The number of amides is 1. The standard InChI is InChI=1S/C20H23NO5/c1-12-6-5-8-15(13(12)2)21-19(23)11-25-20(24)18-10-16(22)14-7-3-4-9-17(14)26-18/h3-4,7,9-10,12-13,15H,5-6,8,11H2,1-2H3,(H,21,23)/t12-,13+,15-/m1/s1. The monoisotopic (exact) mass is 357 g/mol. The number of nitrogens with one attached hydrogen (secondary N) is 1. The highest BCUT2D eigenvalue weighted by Gasteiger charge is 2.28. The minimum absolute atomic E-state index is 0.101. The molecule has 0 unspecified atom stereocenters. The first kappa shape index (κ1) is 18.2. The van der Waals surface area contributed by atoms with Crippen molar-refractivity contribution in [1.82, 2.24) is 5.32 Å². The smallest absolute Gasteiger partial charge is 0.374 e. The second-order valence-electron chi connectivity index (χ2n) is 6.99. The summed E-state index contributed by atoms with van der Waals surface area (Å²) in [6, 6.07) is 7.84. The maximum atomic E-state index is 12.1. The topological polar surface area (TPSA) is 85.6 Å². The van der Waals surface area contributed by atoms with E-state index in [1.54, 1.807) is 24.3 Å². The highest BCUT2D eigenvalue weighted by atomic mass is 16.5. The van der Waals surface area contributed by atoms with Crippen LogP contribution in [0.1, 0.15) is 43.7 Å². The maximum absolute atomic E-state index is 12.1. The minimum atomic E-state index is -0.826. The molecule has 0 saturated heterocycles. The van der Waals surface area contributed by atoms with Crippen molar-refractivity contribution in [1.29, 1.82) is 0 Å². The fourth-order valence-corrected chi connectivity index (χ4v) is 3.44. The third kappa shape index (κ3) is 3.95. The van der Waals surface area contributed by atoms with E-state index in [4.69, 9.17) is 9.15 Å². The molecule has 1 aromatic carbocycles. The normalized spacial score (nSPS) is 22.8. The molecule has 6 nitrogen and oxygen atoms in total. The molecule has 1 aliphatic rings. The molecule has 1 amide bonds. The van der Waals surface area contributed by atoms with E-state index >= 15 is 0 Å². The SMILES string of the molecule is C[C@H]1[C@H](C)CCC[C@H]1NC(=O)COC(=O)c1cc(=O)c2ccccc2o1. The van der Waals surface area contributed by atoms with E-state index in [1.807, 2.05) is 0 Å². The summed E-state index contributed by atoms with van der Waals surface area (Å²) in [5.41, 5.74) is -0.0188. The summed E-state index contributed by atoms with van der Waals surface area (Å²) in [6.45, 7) is 3.92. The number of carbonyl (C=O) groups is 2. The summed E-state index contributed by atoms with van der Waals surface area (Å²) in [5, 5.41) is 3.33. The van der Waals surface area contributed by atoms with E-state index in [9.17, 15) is 14.4 Å². The molecule has 1 fully saturated rings. The molecular formula is C20H23NO5. The first-order valence-corrected chi connectivity index (χ1v) is 8.95. The van der Waals surface area contributed by atoms with Crippen LogP contribution in [0.15, 0.2) is 39.5 Å². The summed E-state index contributed by atoms with van der Waals surface area (Å²) in [5.74, 6) is -0.424. The van der Waals surface area contributed by atoms with Crippen molar-refractivity contribution in [3.05, 3.63) is 46.3 Å². The number of hydrogen-bond acceptors (Lipinski definition) is 5. The predicted molar refractivity (Wildman–Crippen MR) is 96.9 cm³/mol. The van der Waals surface area contributed by atoms with Crippen LogP contribution in [0.3, 0.4) is 0 Å². The molecule has 1 heterocycles. The van der Waals surface area contributed by atoms with Gasteiger partial charge in [0.05, 0.1) is 5.39 Å². The molecule has 138 valence electrons. The molecule has 0 spiro atoms. The molecule has 2 aromatic rings. The molecule has 1 aromatic heterocycles. The first-order chi connectivity index (χ1) is 12.5. The average molecular weight is 357 g/mol. The lowest BCUT2D eigenvalue weighted by Crippen LogP contribution is -2.45. The zero-order chi connectivity index (χ0) is 18.7. The van der Waals surface area contributed by atoms with Crippen LogP contribution in [0.25, 0.3) is 11.0 Å². The lowest BCUT2D eigenvalue weighted by atomic mass is 9.78. The molecule has 3 atom stereocenters. The molecular weight excluding hydrogens is 334 g/mol. The summed E-state index contributed by atoms with van der Waals surface area (Å²) in [6.07, 6.45) is 3.19. The Balaban J connectivity index is 1.60. The molecule has 3 rings (SSSR count). The number of para-hydroxylation sites is 1. The van der Waals surface area contributed by atoms with Crippen molar-refractivity contribution in [2.24, 2.45) is 11.8 Å². The number of carbonyl (C=O) groups excluding carboxylic acids is 2. The van der Waals surface area contributed by atoms with Gasteiger partial charge in [0.2, 0.25) is 5.76 Å². The van der Waals surface area contributed by atoms with Gasteiger partial charge in [-0.2, -0.15) is 0 Å². The Labute approximate surface area is 151 Å². The van der Waals surface area contributed by atoms with Gasteiger partial charge in [0.25, 0.3) is 5.91 Å². The molecule has 26 heavy (non-hydrogen) atoms. The van der Waals surface area contributed by atoms with Crippen LogP contribution in [-0.4, -0.2) is 24.5 Å². The number of fused-ring (bicyclic) bond motifs is 1. The van der Waals surface area contributed by atoms with Crippen LogP contribution in [-0.2, 0) is 9.53 Å². The molecule has 0 bridgehead atoms. The van der Waals surface area contributed by atoms with E-state index < -0.39 is 12.6 Å². The van der Waals surface area contributed by atoms with Crippen molar-refractivity contribution in [3.63, 3.8) is 0 Å². The maximum Gasteiger partial charge on any atom is 0.374 e. The lowest BCUT2D eigenvalue weighted by molar-refractivity contribution is -0.125. The third-order valence-electron chi connectivity index (χ3n) is 5.22. The molecule has 0 aliphatic heterocycles. The van der Waals surface area contributed by atoms with Crippen LogP contribution in [0.4, 0.5) is 0 Å². The van der Waals surface area contributed by atoms with Gasteiger partial charge in [0, 0.05) is 12.1 Å². The van der Waals surface area contributed by atoms with Gasteiger partial charge in [0.15, 0.2) is 12.0 Å². The Bertz CT molecular complexity index is 872. The van der Waals surface area contributed by atoms with Gasteiger partial charge in [-0.1, -0.05) is 38.8 Å². The Kier molecular flexibility index (Phi) is 5.40. The van der Waals surface area contributed by atoms with Crippen molar-refractivity contribution >= 4 is 22.8 Å². The highest BCUT2D eigenvalue weighted by Crippen LogP contribution is 2.29. The van der Waals surface area contributed by atoms with Gasteiger partial charge < -0.3 is 14.5 Å². The minimum Gasteiger partial charge on any atom is -0.450 e. The zero-order valence-corrected chi connectivity index (χ0v) is 15.0. The largest absolute Gasteiger partial charge is 0.450 e. The van der Waals surface area contributed by atoms with Crippen LogP contribution in [0, 0.1) is 11.8 Å². The fourth-order valence-electron chi connectivity index (χ4n) is 3.44. The van der Waals surface area contributed by atoms with Crippen molar-refractivity contribution < 1.29 is 18.7 Å². The van der Waals surface area contributed by atoms with Crippen molar-refractivity contribution in [2.45, 2.75) is 39.2 Å². The Morgan fingerprint density at radius 2 is 2.00 bits per heavy atom. The second-order valence-corrected chi connectivity index (χ2v) is 6.99. The summed E-state index contributed by atoms with van der Waals surface area (Å²) in [7, 11) is 0. The third-order valence-corrected chi connectivity index (χ3v) is 5.22. The van der Waals surface area contributed by atoms with Crippen molar-refractivity contribution in [3.8, 4) is 0 Å². The lowest BCUT2D eigenvalue weighted by Gasteiger charge is -2.34. The van der Waals surface area contributed by atoms with Crippen LogP contribution in [0.5, 0.6) is 0 Å². The van der Waals surface area contributed by atoms with Crippen LogP contribution < -0.4 is 10.7 Å². The van der Waals surface area contributed by atoms with Crippen LogP contribution >= 0.6 is 0 Å². The molecule has 1 aliphatic carbocycles. The van der Waals surface area contributed by atoms with Gasteiger partial charge in [-0.15, -0.1) is 0 Å². The fraction of sp³-hybridized carbons (Fsp3) is 0.450. The summed E-state index contributed by atoms with van der Waals surface area (Å²) in [4.78, 5) is 36.2. The van der Waals surface area contributed by atoms with Gasteiger partial charge in [-0.25, -0.2) is 4.79 Å². The molecule has 6 heteroatoms. The highest BCUT2D eigenvalue weighted by molar-refractivity contribution is 5.90. The predicted octanol–water partition coefficient (Wildman–Crippen LogP) is 2.89. The second kappa shape index (κ2) is 7.72. The summed E-state index contributed by atoms with van der Waals surface area (Å²) >= 11 is 0. The van der Waals surface area contributed by atoms with Crippen molar-refractivity contribution in [2.75, 3.05) is 6.61 Å². The van der Waals surface area contributed by atoms with E-state index in [-0.39, 0.29) is 23.1 Å². The Morgan fingerprint density at radius 3 is 2.81 bits per heavy atom. The average Bonchev–Trinajstić information content (AvgIpc) is 2.63. The Morgan fingerprint density at radius 1 is 1.23 bits per heavy atom. The van der Waals surface area contributed by atoms with E-state index in [0.717, 1.165) is 18.9 Å². The molecule has 1 saturated carbocycles. The molecule has 0 radical (unpaired) electrons. The zero-order valence-electron chi connectivity index (χ0n) is 15.0.